The van der Waals surface area contributed by atoms with E-state index in [2.05, 4.69) is 25.5 Å². The molecule has 0 fully saturated rings. The van der Waals surface area contributed by atoms with E-state index >= 15 is 0 Å². The van der Waals surface area contributed by atoms with E-state index in [1.165, 1.54) is 17.8 Å². The number of nitrogens with zero attached hydrogens (tertiary/aromatic N) is 2. The van der Waals surface area contributed by atoms with Crippen molar-refractivity contribution in [2.24, 2.45) is 0 Å². The van der Waals surface area contributed by atoms with Crippen LogP contribution >= 0.6 is 27.5 Å². The van der Waals surface area contributed by atoms with Gasteiger partial charge in [0.1, 0.15) is 0 Å². The molecule has 6 heteroatoms. The van der Waals surface area contributed by atoms with Gasteiger partial charge in [-0.15, -0.1) is 5.10 Å². The second kappa shape index (κ2) is 4.42. The molecular formula is C9H9BrN2O2S. The third-order valence-corrected chi connectivity index (χ3v) is 3.54. The van der Waals surface area contributed by atoms with Crippen LogP contribution in [0.15, 0.2) is 21.2 Å². The molecule has 0 saturated heterocycles. The number of hydrogen-bond acceptors (Lipinski definition) is 5. The Balaban J connectivity index is 2.36. The molecule has 2 heterocycles. The van der Waals surface area contributed by atoms with Crippen LogP contribution in [0.1, 0.15) is 29.4 Å². The second-order valence-electron chi connectivity index (χ2n) is 2.97. The molecule has 1 unspecified atom stereocenters. The summed E-state index contributed by atoms with van der Waals surface area (Å²) in [5.41, 5.74) is 0.816. The predicted molar refractivity (Wildman–Crippen MR) is 59.8 cm³/mol. The molecule has 15 heavy (non-hydrogen) atoms. The van der Waals surface area contributed by atoms with Gasteiger partial charge in [0.15, 0.2) is 11.9 Å². The first-order valence-corrected chi connectivity index (χ1v) is 6.02. The van der Waals surface area contributed by atoms with E-state index in [1.807, 2.05) is 6.92 Å². The summed E-state index contributed by atoms with van der Waals surface area (Å²) in [4.78, 5) is 0.744. The molecule has 0 saturated carbocycles. The molecule has 2 rings (SSSR count). The summed E-state index contributed by atoms with van der Waals surface area (Å²) in [5.74, 6) is 0.496. The van der Waals surface area contributed by atoms with Crippen LogP contribution in [0.2, 0.25) is 0 Å². The van der Waals surface area contributed by atoms with E-state index < -0.39 is 6.10 Å². The highest BCUT2D eigenvalue weighted by Crippen LogP contribution is 2.32. The second-order valence-corrected chi connectivity index (χ2v) is 4.61. The maximum absolute atomic E-state index is 10.1. The van der Waals surface area contributed by atoms with E-state index in [0.29, 0.717) is 5.76 Å². The van der Waals surface area contributed by atoms with Crippen LogP contribution in [0.4, 0.5) is 0 Å². The molecule has 1 N–H and O–H groups in total. The van der Waals surface area contributed by atoms with Gasteiger partial charge in [0.25, 0.3) is 0 Å². The number of hydrogen-bond donors (Lipinski definition) is 1. The molecule has 80 valence electrons. The van der Waals surface area contributed by atoms with E-state index in [9.17, 15) is 5.11 Å². The maximum Gasteiger partial charge on any atom is 0.151 e. The number of aliphatic hydroxyl groups is 1. The van der Waals surface area contributed by atoms with Crippen molar-refractivity contribution in [3.05, 3.63) is 33.1 Å². The lowest BCUT2D eigenvalue weighted by molar-refractivity contribution is 0.190. The van der Waals surface area contributed by atoms with E-state index in [-0.39, 0.29) is 0 Å². The summed E-state index contributed by atoms with van der Waals surface area (Å²) in [7, 11) is 0. The fourth-order valence-corrected chi connectivity index (χ4v) is 2.43. The summed E-state index contributed by atoms with van der Waals surface area (Å²) in [6.45, 7) is 1.98. The van der Waals surface area contributed by atoms with Gasteiger partial charge in [-0.05, 0) is 39.9 Å². The van der Waals surface area contributed by atoms with Crippen molar-refractivity contribution in [3.63, 3.8) is 0 Å². The SMILES string of the molecule is CCc1nnsc1C(O)c1occc1Br. The minimum atomic E-state index is -0.788. The summed E-state index contributed by atoms with van der Waals surface area (Å²) >= 11 is 4.51. The first kappa shape index (κ1) is 10.8. The average molecular weight is 289 g/mol. The van der Waals surface area contributed by atoms with Gasteiger partial charge in [0, 0.05) is 0 Å². The minimum absolute atomic E-state index is 0.496. The Morgan fingerprint density at radius 2 is 2.47 bits per heavy atom. The topological polar surface area (TPSA) is 59.2 Å². The summed E-state index contributed by atoms with van der Waals surface area (Å²) < 4.78 is 9.79. The van der Waals surface area contributed by atoms with Crippen molar-refractivity contribution in [2.45, 2.75) is 19.4 Å². The predicted octanol–water partition coefficient (Wildman–Crippen LogP) is 2.54. The standard InChI is InChI=1S/C9H9BrN2O2S/c1-2-6-9(15-12-11-6)7(13)8-5(10)3-4-14-8/h3-4,7,13H,2H2,1H3. The molecule has 0 aliphatic carbocycles. The van der Waals surface area contributed by atoms with E-state index in [4.69, 9.17) is 4.42 Å². The van der Waals surface area contributed by atoms with E-state index in [1.54, 1.807) is 6.07 Å². The zero-order chi connectivity index (χ0) is 10.8. The first-order valence-electron chi connectivity index (χ1n) is 4.46. The van der Waals surface area contributed by atoms with Crippen molar-refractivity contribution < 1.29 is 9.52 Å². The van der Waals surface area contributed by atoms with Gasteiger partial charge < -0.3 is 9.52 Å². The highest BCUT2D eigenvalue weighted by Gasteiger charge is 2.22. The molecule has 0 aromatic carbocycles. The van der Waals surface area contributed by atoms with Crippen LogP contribution in [0.3, 0.4) is 0 Å². The van der Waals surface area contributed by atoms with Crippen LogP contribution in [0.5, 0.6) is 0 Å². The fourth-order valence-electron chi connectivity index (χ4n) is 1.29. The quantitative estimate of drug-likeness (QED) is 0.943. The number of halogens is 1. The Kier molecular flexibility index (Phi) is 3.18. The third kappa shape index (κ3) is 1.97. The van der Waals surface area contributed by atoms with Gasteiger partial charge in [-0.1, -0.05) is 11.4 Å². The molecule has 0 aliphatic heterocycles. The zero-order valence-electron chi connectivity index (χ0n) is 7.98. The largest absolute Gasteiger partial charge is 0.465 e. The van der Waals surface area contributed by atoms with Gasteiger partial charge in [-0.3, -0.25) is 0 Å². The van der Waals surface area contributed by atoms with E-state index in [0.717, 1.165) is 21.5 Å². The van der Waals surface area contributed by atoms with Crippen LogP contribution in [-0.4, -0.2) is 14.7 Å². The number of rotatable bonds is 3. The smallest absolute Gasteiger partial charge is 0.151 e. The highest BCUT2D eigenvalue weighted by molar-refractivity contribution is 9.10. The van der Waals surface area contributed by atoms with Crippen molar-refractivity contribution >= 4 is 27.5 Å². The monoisotopic (exact) mass is 288 g/mol. The third-order valence-electron chi connectivity index (χ3n) is 2.06. The Morgan fingerprint density at radius 1 is 1.67 bits per heavy atom. The lowest BCUT2D eigenvalue weighted by atomic mass is 10.2. The molecular weight excluding hydrogens is 280 g/mol. The molecule has 2 aromatic heterocycles. The van der Waals surface area contributed by atoms with Gasteiger partial charge in [0.2, 0.25) is 0 Å². The van der Waals surface area contributed by atoms with Crippen LogP contribution in [-0.2, 0) is 6.42 Å². The first-order chi connectivity index (χ1) is 7.24. The number of aryl methyl sites for hydroxylation is 1. The lowest BCUT2D eigenvalue weighted by Gasteiger charge is -2.06. The Morgan fingerprint density at radius 3 is 3.07 bits per heavy atom. The minimum Gasteiger partial charge on any atom is -0.465 e. The van der Waals surface area contributed by atoms with Crippen LogP contribution < -0.4 is 0 Å². The summed E-state index contributed by atoms with van der Waals surface area (Å²) in [6.07, 6.45) is 1.49. The van der Waals surface area contributed by atoms with Crippen molar-refractivity contribution in [2.75, 3.05) is 0 Å². The number of aliphatic hydroxyl groups excluding tert-OH is 1. The molecule has 0 spiro atoms. The Hall–Kier alpha value is -0.720. The number of furan rings is 1. The molecule has 1 atom stereocenters. The van der Waals surface area contributed by atoms with Gasteiger partial charge >= 0.3 is 0 Å². The van der Waals surface area contributed by atoms with Gasteiger partial charge in [0.05, 0.1) is 21.3 Å². The van der Waals surface area contributed by atoms with Crippen molar-refractivity contribution in [3.8, 4) is 0 Å². The molecule has 0 bridgehead atoms. The van der Waals surface area contributed by atoms with Gasteiger partial charge in [-0.2, -0.15) is 0 Å². The zero-order valence-corrected chi connectivity index (χ0v) is 10.4. The molecule has 4 nitrogen and oxygen atoms in total. The fraction of sp³-hybridized carbons (Fsp3) is 0.333. The summed E-state index contributed by atoms with van der Waals surface area (Å²) in [6, 6.07) is 1.75. The molecule has 0 amide bonds. The normalized spacial score (nSPS) is 13.0. The van der Waals surface area contributed by atoms with Crippen LogP contribution in [0, 0.1) is 0 Å². The van der Waals surface area contributed by atoms with Gasteiger partial charge in [-0.25, -0.2) is 0 Å². The van der Waals surface area contributed by atoms with Crippen LogP contribution in [0.25, 0.3) is 0 Å². The molecule has 0 radical (unpaired) electrons. The lowest BCUT2D eigenvalue weighted by Crippen LogP contribution is -2.00. The van der Waals surface area contributed by atoms with Crippen molar-refractivity contribution in [1.29, 1.82) is 0 Å². The Bertz CT molecular complexity index is 454. The molecule has 0 aliphatic rings. The average Bonchev–Trinajstić information content (AvgIpc) is 2.84. The maximum atomic E-state index is 10.1. The van der Waals surface area contributed by atoms with Crippen molar-refractivity contribution in [1.82, 2.24) is 9.59 Å². The summed E-state index contributed by atoms with van der Waals surface area (Å²) in [5, 5.41) is 14.0. The molecule has 2 aromatic rings. The number of aromatic nitrogens is 2. The Labute approximate surface area is 99.2 Å². The highest BCUT2D eigenvalue weighted by atomic mass is 79.9.